The van der Waals surface area contributed by atoms with Gasteiger partial charge in [0.05, 0.1) is 18.8 Å². The molecule has 0 bridgehead atoms. The normalized spacial score (nSPS) is 12.7. The SMILES string of the molecule is CCNC(=NCc1nc(C(C)(C)C)cs1)NCCOCCC(C)C. The summed E-state index contributed by atoms with van der Waals surface area (Å²) in [5.74, 6) is 1.51. The molecule has 6 heteroatoms. The maximum atomic E-state index is 5.62. The number of ether oxygens (including phenoxy) is 1. The molecule has 0 aliphatic heterocycles. The van der Waals surface area contributed by atoms with Crippen LogP contribution in [-0.4, -0.2) is 37.2 Å². The number of nitrogens with zero attached hydrogens (tertiary/aromatic N) is 2. The topological polar surface area (TPSA) is 58.5 Å². The van der Waals surface area contributed by atoms with Gasteiger partial charge in [-0.15, -0.1) is 11.3 Å². The molecule has 0 saturated carbocycles. The van der Waals surface area contributed by atoms with Crippen molar-refractivity contribution >= 4 is 17.3 Å². The summed E-state index contributed by atoms with van der Waals surface area (Å²) in [6.07, 6.45) is 1.11. The van der Waals surface area contributed by atoms with Crippen LogP contribution in [0.15, 0.2) is 10.4 Å². The molecular formula is C18H34N4OS. The van der Waals surface area contributed by atoms with Gasteiger partial charge in [0, 0.05) is 30.5 Å². The van der Waals surface area contributed by atoms with E-state index >= 15 is 0 Å². The van der Waals surface area contributed by atoms with E-state index in [2.05, 4.69) is 67.5 Å². The van der Waals surface area contributed by atoms with E-state index < -0.39 is 0 Å². The summed E-state index contributed by atoms with van der Waals surface area (Å²) in [5.41, 5.74) is 1.23. The summed E-state index contributed by atoms with van der Waals surface area (Å²) in [7, 11) is 0. The molecule has 0 radical (unpaired) electrons. The third-order valence-corrected chi connectivity index (χ3v) is 4.25. The average Bonchev–Trinajstić information content (AvgIpc) is 2.97. The van der Waals surface area contributed by atoms with Gasteiger partial charge < -0.3 is 15.4 Å². The molecule has 0 spiro atoms. The van der Waals surface area contributed by atoms with Crippen LogP contribution in [0.3, 0.4) is 0 Å². The highest BCUT2D eigenvalue weighted by Gasteiger charge is 2.17. The van der Waals surface area contributed by atoms with Gasteiger partial charge >= 0.3 is 0 Å². The molecule has 1 aromatic rings. The van der Waals surface area contributed by atoms with E-state index in [1.807, 2.05) is 0 Å². The van der Waals surface area contributed by atoms with E-state index in [1.165, 1.54) is 0 Å². The first kappa shape index (κ1) is 20.9. The molecule has 5 nitrogen and oxygen atoms in total. The number of thiazole rings is 1. The monoisotopic (exact) mass is 354 g/mol. The summed E-state index contributed by atoms with van der Waals surface area (Å²) in [5, 5.41) is 9.75. The Morgan fingerprint density at radius 3 is 2.62 bits per heavy atom. The van der Waals surface area contributed by atoms with Gasteiger partial charge in [0.2, 0.25) is 0 Å². The number of aromatic nitrogens is 1. The molecule has 1 aromatic heterocycles. The Morgan fingerprint density at radius 2 is 2.04 bits per heavy atom. The molecule has 1 rings (SSSR count). The summed E-state index contributed by atoms with van der Waals surface area (Å²) < 4.78 is 5.62. The Kier molecular flexibility index (Phi) is 9.29. The first-order valence-corrected chi connectivity index (χ1v) is 9.75. The first-order valence-electron chi connectivity index (χ1n) is 8.87. The average molecular weight is 355 g/mol. The summed E-state index contributed by atoms with van der Waals surface area (Å²) >= 11 is 1.68. The van der Waals surface area contributed by atoms with Crippen LogP contribution in [0.2, 0.25) is 0 Å². The number of guanidine groups is 1. The van der Waals surface area contributed by atoms with Crippen LogP contribution in [0.1, 0.15) is 58.7 Å². The smallest absolute Gasteiger partial charge is 0.191 e. The molecule has 0 aliphatic carbocycles. The minimum Gasteiger partial charge on any atom is -0.380 e. The fourth-order valence-corrected chi connectivity index (χ4v) is 2.82. The highest BCUT2D eigenvalue weighted by atomic mass is 32.1. The third-order valence-electron chi connectivity index (χ3n) is 3.42. The van der Waals surface area contributed by atoms with E-state index in [-0.39, 0.29) is 5.41 Å². The second-order valence-electron chi connectivity index (χ2n) is 7.29. The Hall–Kier alpha value is -1.14. The van der Waals surface area contributed by atoms with Crippen molar-refractivity contribution in [3.63, 3.8) is 0 Å². The zero-order valence-corrected chi connectivity index (χ0v) is 16.9. The van der Waals surface area contributed by atoms with Crippen molar-refractivity contribution in [2.24, 2.45) is 10.9 Å². The fraction of sp³-hybridized carbons (Fsp3) is 0.778. The van der Waals surface area contributed by atoms with Gasteiger partial charge in [0.1, 0.15) is 5.01 Å². The molecule has 0 aliphatic rings. The third kappa shape index (κ3) is 8.64. The van der Waals surface area contributed by atoms with E-state index in [4.69, 9.17) is 4.74 Å². The maximum Gasteiger partial charge on any atom is 0.191 e. The molecule has 1 heterocycles. The standard InChI is InChI=1S/C18H34N4OS/c1-7-19-17(20-9-11-23-10-8-14(2)3)21-12-16-22-15(13-24-16)18(4,5)6/h13-14H,7-12H2,1-6H3,(H2,19,20,21). The van der Waals surface area contributed by atoms with Gasteiger partial charge in [-0.3, -0.25) is 0 Å². The van der Waals surface area contributed by atoms with Crippen LogP contribution >= 0.6 is 11.3 Å². The van der Waals surface area contributed by atoms with Gasteiger partial charge in [-0.2, -0.15) is 0 Å². The van der Waals surface area contributed by atoms with Gasteiger partial charge in [-0.1, -0.05) is 34.6 Å². The zero-order chi connectivity index (χ0) is 18.0. The Labute approximate surface area is 151 Å². The van der Waals surface area contributed by atoms with Crippen LogP contribution in [0, 0.1) is 5.92 Å². The van der Waals surface area contributed by atoms with Crippen molar-refractivity contribution in [2.45, 2.75) is 59.9 Å². The van der Waals surface area contributed by atoms with Gasteiger partial charge in [0.25, 0.3) is 0 Å². The Bertz CT molecular complexity index is 491. The van der Waals surface area contributed by atoms with E-state index in [1.54, 1.807) is 11.3 Å². The first-order chi connectivity index (χ1) is 11.3. The Balaban J connectivity index is 2.40. The number of hydrogen-bond donors (Lipinski definition) is 2. The lowest BCUT2D eigenvalue weighted by molar-refractivity contribution is 0.128. The predicted octanol–water partition coefficient (Wildman–Crippen LogP) is 3.56. The fourth-order valence-electron chi connectivity index (χ4n) is 1.88. The molecule has 24 heavy (non-hydrogen) atoms. The second kappa shape index (κ2) is 10.7. The van der Waals surface area contributed by atoms with Crippen LogP contribution in [-0.2, 0) is 16.7 Å². The quantitative estimate of drug-likeness (QED) is 0.404. The minimum atomic E-state index is 0.0918. The van der Waals surface area contributed by atoms with Crippen molar-refractivity contribution in [1.29, 1.82) is 0 Å². The summed E-state index contributed by atoms with van der Waals surface area (Å²) in [4.78, 5) is 9.29. The predicted molar refractivity (Wildman–Crippen MR) is 104 cm³/mol. The number of nitrogens with one attached hydrogen (secondary N) is 2. The molecule has 0 amide bonds. The van der Waals surface area contributed by atoms with Crippen molar-refractivity contribution < 1.29 is 4.74 Å². The lowest BCUT2D eigenvalue weighted by Gasteiger charge is -2.14. The highest BCUT2D eigenvalue weighted by molar-refractivity contribution is 7.09. The lowest BCUT2D eigenvalue weighted by atomic mass is 9.93. The van der Waals surface area contributed by atoms with Crippen LogP contribution in [0.4, 0.5) is 0 Å². The zero-order valence-electron chi connectivity index (χ0n) is 16.1. The number of hydrogen-bond acceptors (Lipinski definition) is 4. The van der Waals surface area contributed by atoms with Crippen LogP contribution in [0.5, 0.6) is 0 Å². The molecule has 0 saturated heterocycles. The maximum absolute atomic E-state index is 5.62. The van der Waals surface area contributed by atoms with Crippen molar-refractivity contribution in [3.8, 4) is 0 Å². The number of aliphatic imine (C=N–C) groups is 1. The highest BCUT2D eigenvalue weighted by Crippen LogP contribution is 2.24. The van der Waals surface area contributed by atoms with E-state index in [0.717, 1.165) is 42.8 Å². The number of rotatable bonds is 9. The largest absolute Gasteiger partial charge is 0.380 e. The van der Waals surface area contributed by atoms with Gasteiger partial charge in [-0.05, 0) is 19.3 Å². The van der Waals surface area contributed by atoms with Gasteiger partial charge in [-0.25, -0.2) is 9.98 Å². The van der Waals surface area contributed by atoms with Crippen LogP contribution in [0.25, 0.3) is 0 Å². The van der Waals surface area contributed by atoms with Crippen molar-refractivity contribution in [1.82, 2.24) is 15.6 Å². The Morgan fingerprint density at radius 1 is 1.29 bits per heavy atom. The van der Waals surface area contributed by atoms with Crippen molar-refractivity contribution in [3.05, 3.63) is 16.1 Å². The van der Waals surface area contributed by atoms with E-state index in [0.29, 0.717) is 19.1 Å². The molecule has 0 atom stereocenters. The molecular weight excluding hydrogens is 320 g/mol. The molecule has 2 N–H and O–H groups in total. The van der Waals surface area contributed by atoms with Crippen LogP contribution < -0.4 is 10.6 Å². The minimum absolute atomic E-state index is 0.0918. The molecule has 138 valence electrons. The van der Waals surface area contributed by atoms with Gasteiger partial charge in [0.15, 0.2) is 5.96 Å². The summed E-state index contributed by atoms with van der Waals surface area (Å²) in [6.45, 7) is 16.7. The lowest BCUT2D eigenvalue weighted by Crippen LogP contribution is -2.39. The van der Waals surface area contributed by atoms with Crippen molar-refractivity contribution in [2.75, 3.05) is 26.3 Å². The van der Waals surface area contributed by atoms with E-state index in [9.17, 15) is 0 Å². The molecule has 0 aromatic carbocycles. The second-order valence-corrected chi connectivity index (χ2v) is 8.24. The summed E-state index contributed by atoms with van der Waals surface area (Å²) in [6, 6.07) is 0. The molecule has 0 unspecified atom stereocenters. The molecule has 0 fully saturated rings.